The number of rotatable bonds is 2. The topological polar surface area (TPSA) is 29.1 Å². The van der Waals surface area contributed by atoms with Crippen molar-refractivity contribution in [2.75, 3.05) is 0 Å². The summed E-state index contributed by atoms with van der Waals surface area (Å²) in [5, 5.41) is 0.982. The van der Waals surface area contributed by atoms with Gasteiger partial charge in [-0.1, -0.05) is 0 Å². The van der Waals surface area contributed by atoms with E-state index in [1.54, 1.807) is 0 Å². The standard InChI is InChI=1S/C10H8F11NO/c1-3(2)22-4(23)5(11)6(12,13)8(16,17)10(20,21)9(18,19)7(5,14)15/h3H,1-2H3,(H,22,23). The first-order valence-corrected chi connectivity index (χ1v) is 5.73. The number of hydrogen-bond acceptors (Lipinski definition) is 1. The van der Waals surface area contributed by atoms with Gasteiger partial charge in [-0.2, -0.15) is 43.9 Å². The maximum Gasteiger partial charge on any atom is 0.384 e. The van der Waals surface area contributed by atoms with E-state index >= 15 is 0 Å². The van der Waals surface area contributed by atoms with E-state index < -0.39 is 47.2 Å². The molecule has 0 atom stereocenters. The van der Waals surface area contributed by atoms with Gasteiger partial charge in [-0.25, -0.2) is 4.39 Å². The van der Waals surface area contributed by atoms with Crippen LogP contribution in [0, 0.1) is 0 Å². The van der Waals surface area contributed by atoms with Gasteiger partial charge in [0.1, 0.15) is 0 Å². The molecule has 1 aliphatic rings. The van der Waals surface area contributed by atoms with Crippen molar-refractivity contribution in [3.63, 3.8) is 0 Å². The first kappa shape index (κ1) is 19.7. The maximum atomic E-state index is 14.0. The highest BCUT2D eigenvalue weighted by Crippen LogP contribution is 2.69. The number of carbonyl (C=O) groups is 1. The molecule has 136 valence electrons. The molecule has 13 heteroatoms. The molecule has 1 N–H and O–H groups in total. The molecule has 2 nitrogen and oxygen atoms in total. The lowest BCUT2D eigenvalue weighted by molar-refractivity contribution is -0.476. The number of nitrogens with one attached hydrogen (secondary N) is 1. The van der Waals surface area contributed by atoms with Crippen molar-refractivity contribution in [2.45, 2.75) is 55.2 Å². The number of amides is 1. The van der Waals surface area contributed by atoms with Crippen molar-refractivity contribution in [1.82, 2.24) is 5.32 Å². The third-order valence-corrected chi connectivity index (χ3v) is 3.18. The quantitative estimate of drug-likeness (QED) is 0.745. The van der Waals surface area contributed by atoms with Crippen molar-refractivity contribution in [2.24, 2.45) is 0 Å². The van der Waals surface area contributed by atoms with Gasteiger partial charge in [0.25, 0.3) is 5.91 Å². The van der Waals surface area contributed by atoms with Crippen molar-refractivity contribution in [3.05, 3.63) is 0 Å². The summed E-state index contributed by atoms with van der Waals surface area (Å²) in [5.41, 5.74) is -6.61. The van der Waals surface area contributed by atoms with E-state index in [0.29, 0.717) is 0 Å². The number of carbonyl (C=O) groups excluding carboxylic acids is 1. The largest absolute Gasteiger partial charge is 0.384 e. The van der Waals surface area contributed by atoms with Crippen LogP contribution in [-0.2, 0) is 4.79 Å². The second-order valence-electron chi connectivity index (χ2n) is 5.16. The minimum Gasteiger partial charge on any atom is -0.351 e. The van der Waals surface area contributed by atoms with Gasteiger partial charge < -0.3 is 5.32 Å². The van der Waals surface area contributed by atoms with E-state index in [1.807, 2.05) is 0 Å². The minimum absolute atomic E-state index is 0.866. The first-order chi connectivity index (χ1) is 9.84. The van der Waals surface area contributed by atoms with Crippen LogP contribution in [0.3, 0.4) is 0 Å². The summed E-state index contributed by atoms with van der Waals surface area (Å²) in [6, 6.07) is -1.42. The second-order valence-corrected chi connectivity index (χ2v) is 5.16. The predicted molar refractivity (Wildman–Crippen MR) is 51.9 cm³/mol. The summed E-state index contributed by atoms with van der Waals surface area (Å²) in [7, 11) is 0. The molecule has 0 radical (unpaired) electrons. The SMILES string of the molecule is CC(C)NC(=O)C1(F)C(F)(F)C(F)(F)C(F)(F)C(F)(F)C1(F)F. The van der Waals surface area contributed by atoms with Crippen LogP contribution in [0.4, 0.5) is 48.3 Å². The Bertz CT molecular complexity index is 483. The highest BCUT2D eigenvalue weighted by Gasteiger charge is 3.02. The molecular weight excluding hydrogens is 359 g/mol. The van der Waals surface area contributed by atoms with Gasteiger partial charge in [-0.15, -0.1) is 0 Å². The zero-order chi connectivity index (χ0) is 18.9. The zero-order valence-electron chi connectivity index (χ0n) is 11.1. The Labute approximate surface area is 121 Å². The average Bonchev–Trinajstić information content (AvgIpc) is 2.34. The van der Waals surface area contributed by atoms with Crippen LogP contribution in [0.15, 0.2) is 0 Å². The van der Waals surface area contributed by atoms with Crippen LogP contribution in [0.1, 0.15) is 13.8 Å². The summed E-state index contributed by atoms with van der Waals surface area (Å²) in [6.07, 6.45) is 0. The molecule has 1 saturated carbocycles. The van der Waals surface area contributed by atoms with Crippen LogP contribution in [0.5, 0.6) is 0 Å². The van der Waals surface area contributed by atoms with Gasteiger partial charge >= 0.3 is 35.3 Å². The number of hydrogen-bond donors (Lipinski definition) is 1. The number of alkyl halides is 11. The molecule has 23 heavy (non-hydrogen) atoms. The molecule has 0 spiro atoms. The van der Waals surface area contributed by atoms with Gasteiger partial charge in [0.15, 0.2) is 0 Å². The molecule has 0 unspecified atom stereocenters. The Morgan fingerprint density at radius 1 is 0.652 bits per heavy atom. The Morgan fingerprint density at radius 2 is 0.913 bits per heavy atom. The first-order valence-electron chi connectivity index (χ1n) is 5.73. The molecule has 1 rings (SSSR count). The van der Waals surface area contributed by atoms with E-state index in [4.69, 9.17) is 0 Å². The van der Waals surface area contributed by atoms with E-state index in [2.05, 4.69) is 0 Å². The fourth-order valence-electron chi connectivity index (χ4n) is 1.87. The summed E-state index contributed by atoms with van der Waals surface area (Å²) >= 11 is 0. The Kier molecular flexibility index (Phi) is 3.97. The minimum atomic E-state index is -7.32. The lowest BCUT2D eigenvalue weighted by Crippen LogP contribution is -2.86. The van der Waals surface area contributed by atoms with E-state index in [9.17, 15) is 53.1 Å². The van der Waals surface area contributed by atoms with Gasteiger partial charge in [0.2, 0.25) is 0 Å². The predicted octanol–water partition coefficient (Wildman–Crippen LogP) is 3.41. The molecule has 0 aliphatic heterocycles. The average molecular weight is 367 g/mol. The van der Waals surface area contributed by atoms with Crippen LogP contribution in [-0.4, -0.2) is 47.2 Å². The highest BCUT2D eigenvalue weighted by molar-refractivity contribution is 5.89. The number of halogens is 11. The fourth-order valence-corrected chi connectivity index (χ4v) is 1.87. The molecule has 1 fully saturated rings. The van der Waals surface area contributed by atoms with Crippen molar-refractivity contribution >= 4 is 5.91 Å². The van der Waals surface area contributed by atoms with Crippen LogP contribution in [0.25, 0.3) is 0 Å². The molecule has 0 aromatic carbocycles. The van der Waals surface area contributed by atoms with Gasteiger partial charge in [-0.3, -0.25) is 4.79 Å². The third-order valence-electron chi connectivity index (χ3n) is 3.18. The van der Waals surface area contributed by atoms with E-state index in [-0.39, 0.29) is 0 Å². The molecular formula is C10H8F11NO. The van der Waals surface area contributed by atoms with Gasteiger partial charge in [0, 0.05) is 6.04 Å². The van der Waals surface area contributed by atoms with Gasteiger partial charge in [0.05, 0.1) is 0 Å². The third kappa shape index (κ3) is 1.84. The normalized spacial score (nSPS) is 29.1. The Balaban J connectivity index is 3.78. The Hall–Kier alpha value is -1.30. The molecule has 0 aromatic rings. The van der Waals surface area contributed by atoms with E-state index in [0.717, 1.165) is 19.2 Å². The fraction of sp³-hybridized carbons (Fsp3) is 0.900. The molecule has 1 aliphatic carbocycles. The molecule has 1 amide bonds. The summed E-state index contributed by atoms with van der Waals surface area (Å²) in [4.78, 5) is 11.2. The Morgan fingerprint density at radius 3 is 1.17 bits per heavy atom. The highest BCUT2D eigenvalue weighted by atomic mass is 19.4. The maximum absolute atomic E-state index is 14.0. The summed E-state index contributed by atoms with van der Waals surface area (Å²) in [6.45, 7) is 1.73. The van der Waals surface area contributed by atoms with Crippen molar-refractivity contribution in [3.8, 4) is 0 Å². The summed E-state index contributed by atoms with van der Waals surface area (Å²) < 4.78 is 146. The van der Waals surface area contributed by atoms with Crippen molar-refractivity contribution in [1.29, 1.82) is 0 Å². The zero-order valence-corrected chi connectivity index (χ0v) is 11.1. The van der Waals surface area contributed by atoms with Crippen LogP contribution in [0.2, 0.25) is 0 Å². The van der Waals surface area contributed by atoms with Crippen LogP contribution >= 0.6 is 0 Å². The molecule has 0 aromatic heterocycles. The second kappa shape index (κ2) is 4.62. The molecule has 0 bridgehead atoms. The molecule has 0 heterocycles. The van der Waals surface area contributed by atoms with E-state index in [1.165, 1.54) is 0 Å². The van der Waals surface area contributed by atoms with Crippen molar-refractivity contribution < 1.29 is 53.1 Å². The summed E-state index contributed by atoms with van der Waals surface area (Å²) in [5.74, 6) is -39.4. The lowest BCUT2D eigenvalue weighted by atomic mass is 9.71. The smallest absolute Gasteiger partial charge is 0.351 e. The lowest BCUT2D eigenvalue weighted by Gasteiger charge is -2.51. The molecule has 0 saturated heterocycles. The monoisotopic (exact) mass is 367 g/mol. The van der Waals surface area contributed by atoms with Crippen LogP contribution < -0.4 is 5.32 Å². The van der Waals surface area contributed by atoms with Gasteiger partial charge in [-0.05, 0) is 13.8 Å².